The summed E-state index contributed by atoms with van der Waals surface area (Å²) in [6.45, 7) is 4.89. The third-order valence-electron chi connectivity index (χ3n) is 4.16. The van der Waals surface area contributed by atoms with Gasteiger partial charge in [-0.1, -0.05) is 13.3 Å². The second-order valence-corrected chi connectivity index (χ2v) is 6.53. The third-order valence-corrected chi connectivity index (χ3v) is 5.56. The minimum atomic E-state index is 0.0766. The van der Waals surface area contributed by atoms with Crippen molar-refractivity contribution in [3.8, 4) is 0 Å². The van der Waals surface area contributed by atoms with Gasteiger partial charge in [0.2, 0.25) is 5.91 Å². The number of likely N-dealkylation sites (tertiary alicyclic amines) is 1. The first-order valence-corrected chi connectivity index (χ1v) is 8.00. The molecule has 98 valence electrons. The van der Waals surface area contributed by atoms with E-state index >= 15 is 0 Å². The number of carbonyl (C=O) groups is 1. The van der Waals surface area contributed by atoms with Gasteiger partial charge in [-0.3, -0.25) is 4.79 Å². The molecule has 0 bridgehead atoms. The van der Waals surface area contributed by atoms with Crippen molar-refractivity contribution in [1.82, 2.24) is 10.2 Å². The number of nitrogens with zero attached hydrogens (tertiary/aromatic N) is 1. The van der Waals surface area contributed by atoms with E-state index in [1.54, 1.807) is 0 Å². The van der Waals surface area contributed by atoms with Crippen molar-refractivity contribution >= 4 is 17.7 Å². The lowest BCUT2D eigenvalue weighted by molar-refractivity contribution is -0.136. The Bertz CT molecular complexity index is 271. The second-order valence-electron chi connectivity index (χ2n) is 5.25. The maximum atomic E-state index is 12.3. The minimum absolute atomic E-state index is 0.0766. The summed E-state index contributed by atoms with van der Waals surface area (Å²) < 4.78 is 0.379. The van der Waals surface area contributed by atoms with Crippen molar-refractivity contribution in [3.05, 3.63) is 0 Å². The average molecular weight is 256 g/mol. The van der Waals surface area contributed by atoms with Gasteiger partial charge in [0.25, 0.3) is 0 Å². The van der Waals surface area contributed by atoms with E-state index in [0.29, 0.717) is 10.7 Å². The Morgan fingerprint density at radius 2 is 2.24 bits per heavy atom. The van der Waals surface area contributed by atoms with Crippen LogP contribution >= 0.6 is 11.8 Å². The molecular weight excluding hydrogens is 232 g/mol. The Hall–Kier alpha value is -0.220. The second kappa shape index (κ2) is 5.61. The number of amides is 1. The highest BCUT2D eigenvalue weighted by Gasteiger charge is 2.40. The van der Waals surface area contributed by atoms with E-state index in [0.717, 1.165) is 32.5 Å². The summed E-state index contributed by atoms with van der Waals surface area (Å²) in [6, 6.07) is 0.0766. The highest BCUT2D eigenvalue weighted by Crippen LogP contribution is 2.43. The average Bonchev–Trinajstić information content (AvgIpc) is 2.28. The highest BCUT2D eigenvalue weighted by molar-refractivity contribution is 8.00. The first kappa shape index (κ1) is 13.2. The van der Waals surface area contributed by atoms with Crippen LogP contribution in [0.2, 0.25) is 0 Å². The molecule has 1 heterocycles. The van der Waals surface area contributed by atoms with Crippen molar-refractivity contribution in [2.24, 2.45) is 0 Å². The monoisotopic (exact) mass is 256 g/mol. The number of thioether (sulfide) groups is 1. The van der Waals surface area contributed by atoms with Gasteiger partial charge in [-0.2, -0.15) is 11.8 Å². The van der Waals surface area contributed by atoms with E-state index in [-0.39, 0.29) is 6.04 Å². The van der Waals surface area contributed by atoms with Crippen LogP contribution in [0.5, 0.6) is 0 Å². The molecule has 1 saturated heterocycles. The van der Waals surface area contributed by atoms with Gasteiger partial charge in [0.05, 0.1) is 6.04 Å². The van der Waals surface area contributed by atoms with E-state index < -0.39 is 0 Å². The zero-order valence-corrected chi connectivity index (χ0v) is 11.8. The summed E-state index contributed by atoms with van der Waals surface area (Å²) in [7, 11) is 0. The molecule has 0 spiro atoms. The molecule has 1 aliphatic heterocycles. The van der Waals surface area contributed by atoms with Crippen LogP contribution in [0.1, 0.15) is 39.0 Å². The predicted molar refractivity (Wildman–Crippen MR) is 73.4 cm³/mol. The van der Waals surface area contributed by atoms with E-state index in [4.69, 9.17) is 0 Å². The molecule has 2 aliphatic rings. The lowest BCUT2D eigenvalue weighted by atomic mass is 9.83. The SMILES string of the molecule is CCNC1CCCN(CC2(SC)CCC2)C1=O. The number of nitrogens with one attached hydrogen (secondary N) is 1. The fraction of sp³-hybridized carbons (Fsp3) is 0.923. The topological polar surface area (TPSA) is 32.3 Å². The summed E-state index contributed by atoms with van der Waals surface area (Å²) in [5.41, 5.74) is 0. The number of hydrogen-bond donors (Lipinski definition) is 1. The van der Waals surface area contributed by atoms with Crippen LogP contribution in [-0.2, 0) is 4.79 Å². The first-order valence-electron chi connectivity index (χ1n) is 6.78. The molecule has 2 fully saturated rings. The minimum Gasteiger partial charge on any atom is -0.340 e. The Balaban J connectivity index is 1.93. The molecule has 0 radical (unpaired) electrons. The Morgan fingerprint density at radius 1 is 1.47 bits per heavy atom. The van der Waals surface area contributed by atoms with E-state index in [9.17, 15) is 4.79 Å². The maximum Gasteiger partial charge on any atom is 0.239 e. The maximum absolute atomic E-state index is 12.3. The molecule has 0 aromatic carbocycles. The number of hydrogen-bond acceptors (Lipinski definition) is 3. The van der Waals surface area contributed by atoms with E-state index in [2.05, 4.69) is 23.4 Å². The zero-order chi connectivity index (χ0) is 12.3. The fourth-order valence-corrected chi connectivity index (χ4v) is 3.86. The van der Waals surface area contributed by atoms with Gasteiger partial charge in [0.15, 0.2) is 0 Å². The molecule has 4 heteroatoms. The van der Waals surface area contributed by atoms with E-state index in [1.165, 1.54) is 19.3 Å². The normalized spacial score (nSPS) is 28.0. The van der Waals surface area contributed by atoms with Gasteiger partial charge in [-0.05, 0) is 38.5 Å². The summed E-state index contributed by atoms with van der Waals surface area (Å²) in [4.78, 5) is 14.4. The largest absolute Gasteiger partial charge is 0.340 e. The number of piperidine rings is 1. The standard InChI is InChI=1S/C13H24N2OS/c1-3-14-11-6-4-9-15(12(11)16)10-13(17-2)7-5-8-13/h11,14H,3-10H2,1-2H3. The molecule has 1 amide bonds. The lowest BCUT2D eigenvalue weighted by Gasteiger charge is -2.45. The quantitative estimate of drug-likeness (QED) is 0.815. The molecule has 1 atom stereocenters. The Kier molecular flexibility index (Phi) is 4.36. The van der Waals surface area contributed by atoms with Gasteiger partial charge in [-0.15, -0.1) is 0 Å². The van der Waals surface area contributed by atoms with Gasteiger partial charge in [-0.25, -0.2) is 0 Å². The fourth-order valence-electron chi connectivity index (χ4n) is 2.88. The van der Waals surface area contributed by atoms with Crippen LogP contribution in [0.15, 0.2) is 0 Å². The van der Waals surface area contributed by atoms with Crippen molar-refractivity contribution in [2.45, 2.75) is 49.8 Å². The molecule has 1 aliphatic carbocycles. The van der Waals surface area contributed by atoms with Crippen LogP contribution in [0.3, 0.4) is 0 Å². The first-order chi connectivity index (χ1) is 8.21. The number of carbonyl (C=O) groups excluding carboxylic acids is 1. The molecule has 0 aromatic rings. The molecule has 2 rings (SSSR count). The van der Waals surface area contributed by atoms with Gasteiger partial charge in [0, 0.05) is 17.8 Å². The van der Waals surface area contributed by atoms with Gasteiger partial charge >= 0.3 is 0 Å². The van der Waals surface area contributed by atoms with Crippen molar-refractivity contribution in [2.75, 3.05) is 25.9 Å². The Labute approximate surface area is 109 Å². The van der Waals surface area contributed by atoms with Crippen molar-refractivity contribution in [3.63, 3.8) is 0 Å². The van der Waals surface area contributed by atoms with E-state index in [1.807, 2.05) is 11.8 Å². The van der Waals surface area contributed by atoms with Crippen LogP contribution in [0.25, 0.3) is 0 Å². The molecule has 1 saturated carbocycles. The Morgan fingerprint density at radius 3 is 2.76 bits per heavy atom. The molecule has 1 unspecified atom stereocenters. The van der Waals surface area contributed by atoms with Crippen molar-refractivity contribution < 1.29 is 4.79 Å². The molecular formula is C13H24N2OS. The predicted octanol–water partition coefficient (Wildman–Crippen LogP) is 1.87. The number of likely N-dealkylation sites (N-methyl/N-ethyl adjacent to an activating group) is 1. The molecule has 17 heavy (non-hydrogen) atoms. The van der Waals surface area contributed by atoms with Crippen LogP contribution < -0.4 is 5.32 Å². The molecule has 1 N–H and O–H groups in total. The van der Waals surface area contributed by atoms with Gasteiger partial charge < -0.3 is 10.2 Å². The van der Waals surface area contributed by atoms with Gasteiger partial charge in [0.1, 0.15) is 0 Å². The lowest BCUT2D eigenvalue weighted by Crippen LogP contribution is -2.55. The van der Waals surface area contributed by atoms with Crippen LogP contribution in [0.4, 0.5) is 0 Å². The molecule has 3 nitrogen and oxygen atoms in total. The number of rotatable bonds is 5. The summed E-state index contributed by atoms with van der Waals surface area (Å²) in [6.07, 6.45) is 8.24. The highest BCUT2D eigenvalue weighted by atomic mass is 32.2. The zero-order valence-electron chi connectivity index (χ0n) is 11.0. The third kappa shape index (κ3) is 2.79. The van der Waals surface area contributed by atoms with Crippen LogP contribution in [0, 0.1) is 0 Å². The summed E-state index contributed by atoms with van der Waals surface area (Å²) in [5.74, 6) is 0.332. The summed E-state index contributed by atoms with van der Waals surface area (Å²) in [5, 5.41) is 3.31. The smallest absolute Gasteiger partial charge is 0.239 e. The van der Waals surface area contributed by atoms with Crippen molar-refractivity contribution in [1.29, 1.82) is 0 Å². The summed E-state index contributed by atoms with van der Waals surface area (Å²) >= 11 is 1.96. The molecule has 0 aromatic heterocycles. The van der Waals surface area contributed by atoms with Crippen LogP contribution in [-0.4, -0.2) is 47.5 Å².